The van der Waals surface area contributed by atoms with Gasteiger partial charge in [0.1, 0.15) is 0 Å². The fraction of sp³-hybridized carbons (Fsp3) is 0.700. The molecule has 0 heterocycles. The Hall–Kier alpha value is -0.530. The summed E-state index contributed by atoms with van der Waals surface area (Å²) in [4.78, 5) is 2.29. The minimum absolute atomic E-state index is 0. The first-order valence-electron chi connectivity index (χ1n) is 8.97. The van der Waals surface area contributed by atoms with Crippen molar-refractivity contribution >= 4 is 12.4 Å². The van der Waals surface area contributed by atoms with Crippen molar-refractivity contribution in [1.82, 2.24) is 4.90 Å². The minimum Gasteiger partial charge on any atom is -0.309 e. The summed E-state index contributed by atoms with van der Waals surface area (Å²) in [6, 6.07) is 10.9. The number of halogens is 1. The molecule has 1 nitrogen and oxygen atoms in total. The van der Waals surface area contributed by atoms with Crippen LogP contribution in [0.1, 0.15) is 69.8 Å². The Morgan fingerprint density at radius 1 is 0.636 bits per heavy atom. The maximum absolute atomic E-state index is 2.29. The lowest BCUT2D eigenvalue weighted by molar-refractivity contribution is 0.389. The third-order valence-electron chi connectivity index (χ3n) is 4.16. The Kier molecular flexibility index (Phi) is 15.0. The van der Waals surface area contributed by atoms with Gasteiger partial charge < -0.3 is 4.90 Å². The largest absolute Gasteiger partial charge is 0.309 e. The zero-order chi connectivity index (χ0) is 15.2. The molecule has 0 spiro atoms. The van der Waals surface area contributed by atoms with Crippen LogP contribution < -0.4 is 0 Å². The second-order valence-electron chi connectivity index (χ2n) is 6.57. The van der Waals surface area contributed by atoms with E-state index < -0.39 is 0 Å². The van der Waals surface area contributed by atoms with Gasteiger partial charge in [-0.2, -0.15) is 0 Å². The predicted molar refractivity (Wildman–Crippen MR) is 102 cm³/mol. The highest BCUT2D eigenvalue weighted by Crippen LogP contribution is 2.12. The maximum Gasteiger partial charge on any atom is -0.00248 e. The van der Waals surface area contributed by atoms with Crippen molar-refractivity contribution in [3.8, 4) is 0 Å². The molecule has 1 rings (SSSR count). The van der Waals surface area contributed by atoms with Crippen molar-refractivity contribution in [2.75, 3.05) is 20.6 Å². The number of benzene rings is 1. The van der Waals surface area contributed by atoms with E-state index in [2.05, 4.69) is 49.3 Å². The number of nitrogens with zero attached hydrogens (tertiary/aromatic N) is 1. The average Bonchev–Trinajstić information content (AvgIpc) is 2.49. The molecule has 0 fully saturated rings. The number of hydrogen-bond acceptors (Lipinski definition) is 1. The van der Waals surface area contributed by atoms with Crippen LogP contribution in [0.4, 0.5) is 0 Å². The number of unbranched alkanes of at least 4 members (excludes halogenated alkanes) is 9. The van der Waals surface area contributed by atoms with Gasteiger partial charge in [-0.25, -0.2) is 0 Å². The molecule has 1 aromatic carbocycles. The summed E-state index contributed by atoms with van der Waals surface area (Å²) in [6.07, 6.45) is 15.4. The lowest BCUT2D eigenvalue weighted by Crippen LogP contribution is -2.12. The molecule has 128 valence electrons. The van der Waals surface area contributed by atoms with Crippen LogP contribution >= 0.6 is 12.4 Å². The van der Waals surface area contributed by atoms with Crippen LogP contribution in [-0.4, -0.2) is 25.5 Å². The highest BCUT2D eigenvalue weighted by molar-refractivity contribution is 5.85. The minimum atomic E-state index is 0. The van der Waals surface area contributed by atoms with E-state index in [1.165, 1.54) is 82.7 Å². The summed E-state index contributed by atoms with van der Waals surface area (Å²) in [5.41, 5.74) is 1.50. The molecule has 0 aliphatic carbocycles. The molecule has 22 heavy (non-hydrogen) atoms. The molecule has 2 heteroatoms. The van der Waals surface area contributed by atoms with Crippen LogP contribution in [0.2, 0.25) is 0 Å². The number of aryl methyl sites for hydroxylation is 1. The molecule has 0 radical (unpaired) electrons. The van der Waals surface area contributed by atoms with Gasteiger partial charge in [-0.05, 0) is 45.5 Å². The Morgan fingerprint density at radius 2 is 1.09 bits per heavy atom. The molecule has 0 unspecified atom stereocenters. The molecule has 0 atom stereocenters. The van der Waals surface area contributed by atoms with Crippen LogP contribution in [0.25, 0.3) is 0 Å². The van der Waals surface area contributed by atoms with Gasteiger partial charge >= 0.3 is 0 Å². The Labute approximate surface area is 144 Å². The first kappa shape index (κ1) is 21.5. The van der Waals surface area contributed by atoms with Gasteiger partial charge in [0.15, 0.2) is 0 Å². The van der Waals surface area contributed by atoms with Crippen molar-refractivity contribution in [3.63, 3.8) is 0 Å². The SMILES string of the molecule is CN(C)CCCCCCCCCCCCc1ccccc1.Cl. The summed E-state index contributed by atoms with van der Waals surface area (Å²) < 4.78 is 0. The highest BCUT2D eigenvalue weighted by Gasteiger charge is 1.95. The third-order valence-corrected chi connectivity index (χ3v) is 4.16. The standard InChI is InChI=1S/C20H35N.ClH/c1-21(2)19-15-10-8-6-4-3-5-7-9-12-16-20-17-13-11-14-18-20;/h11,13-14,17-18H,3-10,12,15-16,19H2,1-2H3;1H. The zero-order valence-corrected chi connectivity index (χ0v) is 15.5. The van der Waals surface area contributed by atoms with Gasteiger partial charge in [0, 0.05) is 0 Å². The average molecular weight is 326 g/mol. The van der Waals surface area contributed by atoms with E-state index in [1.807, 2.05) is 0 Å². The van der Waals surface area contributed by atoms with Gasteiger partial charge in [-0.3, -0.25) is 0 Å². The van der Waals surface area contributed by atoms with Gasteiger partial charge in [0.25, 0.3) is 0 Å². The van der Waals surface area contributed by atoms with E-state index in [9.17, 15) is 0 Å². The third kappa shape index (κ3) is 13.2. The van der Waals surface area contributed by atoms with Crippen LogP contribution in [0.3, 0.4) is 0 Å². The van der Waals surface area contributed by atoms with Crippen molar-refractivity contribution in [3.05, 3.63) is 35.9 Å². The molecule has 0 amide bonds. The topological polar surface area (TPSA) is 3.24 Å². The van der Waals surface area contributed by atoms with Gasteiger partial charge in [-0.15, -0.1) is 12.4 Å². The first-order valence-corrected chi connectivity index (χ1v) is 8.97. The van der Waals surface area contributed by atoms with Crippen molar-refractivity contribution in [1.29, 1.82) is 0 Å². The summed E-state index contributed by atoms with van der Waals surface area (Å²) in [5.74, 6) is 0. The summed E-state index contributed by atoms with van der Waals surface area (Å²) in [7, 11) is 4.33. The molecule has 0 N–H and O–H groups in total. The Morgan fingerprint density at radius 3 is 1.59 bits per heavy atom. The molecule has 0 aliphatic rings. The van der Waals surface area contributed by atoms with Gasteiger partial charge in [0.05, 0.1) is 0 Å². The lowest BCUT2D eigenvalue weighted by atomic mass is 10.0. The van der Waals surface area contributed by atoms with E-state index in [0.717, 1.165) is 0 Å². The zero-order valence-electron chi connectivity index (χ0n) is 14.7. The van der Waals surface area contributed by atoms with Crippen LogP contribution in [0, 0.1) is 0 Å². The Balaban J connectivity index is 0.00000441. The predicted octanol–water partition coefficient (Wildman–Crippen LogP) is 6.11. The smallest absolute Gasteiger partial charge is 0.00248 e. The van der Waals surface area contributed by atoms with Crippen LogP contribution in [0.5, 0.6) is 0 Å². The second kappa shape index (κ2) is 15.4. The van der Waals surface area contributed by atoms with Crippen molar-refractivity contribution in [2.45, 2.75) is 70.6 Å². The van der Waals surface area contributed by atoms with E-state index in [-0.39, 0.29) is 12.4 Å². The number of rotatable bonds is 13. The maximum atomic E-state index is 2.29. The monoisotopic (exact) mass is 325 g/mol. The summed E-state index contributed by atoms with van der Waals surface area (Å²) in [5, 5.41) is 0. The lowest BCUT2D eigenvalue weighted by Gasteiger charge is -2.08. The van der Waals surface area contributed by atoms with Crippen molar-refractivity contribution in [2.24, 2.45) is 0 Å². The van der Waals surface area contributed by atoms with Gasteiger partial charge in [0.2, 0.25) is 0 Å². The molecule has 0 aliphatic heterocycles. The summed E-state index contributed by atoms with van der Waals surface area (Å²) in [6.45, 7) is 1.25. The van der Waals surface area contributed by atoms with Crippen LogP contribution in [0.15, 0.2) is 30.3 Å². The first-order chi connectivity index (χ1) is 10.3. The molecular formula is C20H36ClN. The fourth-order valence-electron chi connectivity index (χ4n) is 2.82. The van der Waals surface area contributed by atoms with E-state index >= 15 is 0 Å². The van der Waals surface area contributed by atoms with Crippen LogP contribution in [-0.2, 0) is 6.42 Å². The van der Waals surface area contributed by atoms with Gasteiger partial charge in [-0.1, -0.05) is 81.7 Å². The molecule has 1 aromatic rings. The highest BCUT2D eigenvalue weighted by atomic mass is 35.5. The van der Waals surface area contributed by atoms with E-state index in [1.54, 1.807) is 0 Å². The van der Waals surface area contributed by atoms with Crippen molar-refractivity contribution < 1.29 is 0 Å². The molecule has 0 saturated carbocycles. The van der Waals surface area contributed by atoms with E-state index in [4.69, 9.17) is 0 Å². The quantitative estimate of drug-likeness (QED) is 0.395. The second-order valence-corrected chi connectivity index (χ2v) is 6.57. The normalized spacial score (nSPS) is 10.7. The van der Waals surface area contributed by atoms with E-state index in [0.29, 0.717) is 0 Å². The molecule has 0 aromatic heterocycles. The fourth-order valence-corrected chi connectivity index (χ4v) is 2.82. The molecule has 0 saturated heterocycles. The number of hydrogen-bond donors (Lipinski definition) is 0. The molecule has 0 bridgehead atoms. The Bertz CT molecular complexity index is 324. The molecular weight excluding hydrogens is 290 g/mol. The summed E-state index contributed by atoms with van der Waals surface area (Å²) >= 11 is 0.